The fourth-order valence-electron chi connectivity index (χ4n) is 3.03. The van der Waals surface area contributed by atoms with Gasteiger partial charge in [0, 0.05) is 10.9 Å². The lowest BCUT2D eigenvalue weighted by atomic mass is 10.0. The van der Waals surface area contributed by atoms with Crippen molar-refractivity contribution < 1.29 is 18.7 Å². The first kappa shape index (κ1) is 19.5. The van der Waals surface area contributed by atoms with E-state index < -0.39 is 5.91 Å². The van der Waals surface area contributed by atoms with E-state index in [4.69, 9.17) is 9.15 Å². The molecule has 2 aromatic carbocycles. The summed E-state index contributed by atoms with van der Waals surface area (Å²) in [5, 5.41) is 0.905. The minimum Gasteiger partial charge on any atom is -0.484 e. The smallest absolute Gasteiger partial charge is 0.276 e. The Bertz CT molecular complexity index is 1020. The van der Waals surface area contributed by atoms with Crippen LogP contribution in [0.3, 0.4) is 0 Å². The van der Waals surface area contributed by atoms with Crippen LogP contribution >= 0.6 is 0 Å². The number of ether oxygens (including phenoxy) is 1. The summed E-state index contributed by atoms with van der Waals surface area (Å²) in [6, 6.07) is 9.69. The summed E-state index contributed by atoms with van der Waals surface area (Å²) in [7, 11) is 0. The molecule has 28 heavy (non-hydrogen) atoms. The SMILES string of the molecule is Cc1cc(C)cc(OCC(=O)NNC(=O)Cc2coc3cc(C)c(C)cc23)c1. The van der Waals surface area contributed by atoms with Crippen molar-refractivity contribution in [3.63, 3.8) is 0 Å². The Labute approximate surface area is 163 Å². The van der Waals surface area contributed by atoms with Crippen LogP contribution in [0.15, 0.2) is 41.0 Å². The zero-order chi connectivity index (χ0) is 20.3. The second-order valence-electron chi connectivity index (χ2n) is 7.08. The first-order valence-electron chi connectivity index (χ1n) is 9.08. The summed E-state index contributed by atoms with van der Waals surface area (Å²) < 4.78 is 11.0. The van der Waals surface area contributed by atoms with E-state index in [1.54, 1.807) is 6.26 Å². The fraction of sp³-hybridized carbons (Fsp3) is 0.273. The molecule has 0 unspecified atom stereocenters. The zero-order valence-electron chi connectivity index (χ0n) is 16.5. The number of furan rings is 1. The molecule has 0 saturated heterocycles. The maximum absolute atomic E-state index is 12.2. The molecule has 146 valence electrons. The quantitative estimate of drug-likeness (QED) is 0.665. The summed E-state index contributed by atoms with van der Waals surface area (Å²) in [4.78, 5) is 24.1. The first-order chi connectivity index (χ1) is 13.3. The van der Waals surface area contributed by atoms with Gasteiger partial charge in [-0.3, -0.25) is 20.4 Å². The lowest BCUT2D eigenvalue weighted by Gasteiger charge is -2.10. The molecule has 0 aliphatic rings. The zero-order valence-corrected chi connectivity index (χ0v) is 16.5. The number of nitrogens with one attached hydrogen (secondary N) is 2. The summed E-state index contributed by atoms with van der Waals surface area (Å²) in [6.07, 6.45) is 1.68. The summed E-state index contributed by atoms with van der Waals surface area (Å²) in [5.41, 5.74) is 10.7. The van der Waals surface area contributed by atoms with Crippen LogP contribution in [0.25, 0.3) is 11.0 Å². The maximum atomic E-state index is 12.2. The molecule has 0 bridgehead atoms. The van der Waals surface area contributed by atoms with Gasteiger partial charge in [0.1, 0.15) is 11.3 Å². The van der Waals surface area contributed by atoms with Crippen molar-refractivity contribution in [2.45, 2.75) is 34.1 Å². The number of aryl methyl sites for hydroxylation is 4. The van der Waals surface area contributed by atoms with E-state index in [1.807, 2.05) is 58.0 Å². The number of benzene rings is 2. The largest absolute Gasteiger partial charge is 0.484 e. The summed E-state index contributed by atoms with van der Waals surface area (Å²) in [6.45, 7) is 7.77. The highest BCUT2D eigenvalue weighted by atomic mass is 16.5. The third-order valence-electron chi connectivity index (χ3n) is 4.53. The van der Waals surface area contributed by atoms with Gasteiger partial charge in [0.15, 0.2) is 6.61 Å². The predicted molar refractivity (Wildman–Crippen MR) is 107 cm³/mol. The monoisotopic (exact) mass is 380 g/mol. The number of fused-ring (bicyclic) bond motifs is 1. The average molecular weight is 380 g/mol. The molecule has 0 aliphatic carbocycles. The fourth-order valence-corrected chi connectivity index (χ4v) is 3.03. The van der Waals surface area contributed by atoms with Crippen LogP contribution in [0.1, 0.15) is 27.8 Å². The number of rotatable bonds is 5. The van der Waals surface area contributed by atoms with E-state index >= 15 is 0 Å². The molecule has 0 fully saturated rings. The highest BCUT2D eigenvalue weighted by Crippen LogP contribution is 2.25. The number of hydrazine groups is 1. The molecule has 6 heteroatoms. The van der Waals surface area contributed by atoms with Crippen LogP contribution in [0.2, 0.25) is 0 Å². The lowest BCUT2D eigenvalue weighted by molar-refractivity contribution is -0.129. The van der Waals surface area contributed by atoms with Crippen LogP contribution in [0.4, 0.5) is 0 Å². The molecule has 1 aromatic heterocycles. The molecular weight excluding hydrogens is 356 g/mol. The van der Waals surface area contributed by atoms with Crippen molar-refractivity contribution in [2.75, 3.05) is 6.61 Å². The standard InChI is InChI=1S/C22H24N2O4/c1-13-5-14(2)7-18(6-13)27-12-22(26)24-23-21(25)10-17-11-28-20-9-16(4)15(3)8-19(17)20/h5-9,11H,10,12H2,1-4H3,(H,23,25)(H,24,26). The van der Waals surface area contributed by atoms with Crippen LogP contribution < -0.4 is 15.6 Å². The second kappa shape index (κ2) is 8.17. The molecule has 3 aromatic rings. The second-order valence-corrected chi connectivity index (χ2v) is 7.08. The molecule has 0 saturated carbocycles. The first-order valence-corrected chi connectivity index (χ1v) is 9.08. The van der Waals surface area contributed by atoms with Gasteiger partial charge in [-0.2, -0.15) is 0 Å². The van der Waals surface area contributed by atoms with Crippen molar-refractivity contribution in [3.8, 4) is 5.75 Å². The number of hydrogen-bond acceptors (Lipinski definition) is 4. The Kier molecular flexibility index (Phi) is 5.68. The van der Waals surface area contributed by atoms with Crippen molar-refractivity contribution in [1.29, 1.82) is 0 Å². The van der Waals surface area contributed by atoms with E-state index in [9.17, 15) is 9.59 Å². The minimum absolute atomic E-state index is 0.105. The molecule has 2 N–H and O–H groups in total. The third-order valence-corrected chi connectivity index (χ3v) is 4.53. The Morgan fingerprint density at radius 1 is 0.893 bits per heavy atom. The van der Waals surface area contributed by atoms with Crippen LogP contribution in [0.5, 0.6) is 5.75 Å². The molecule has 0 atom stereocenters. The molecule has 0 radical (unpaired) electrons. The maximum Gasteiger partial charge on any atom is 0.276 e. The van der Waals surface area contributed by atoms with E-state index in [2.05, 4.69) is 10.9 Å². The van der Waals surface area contributed by atoms with Crippen LogP contribution in [0, 0.1) is 27.7 Å². The van der Waals surface area contributed by atoms with Crippen LogP contribution in [-0.2, 0) is 16.0 Å². The Hall–Kier alpha value is -3.28. The summed E-state index contributed by atoms with van der Waals surface area (Å²) in [5.74, 6) is -0.147. The van der Waals surface area contributed by atoms with Gasteiger partial charge in [0.2, 0.25) is 5.91 Å². The van der Waals surface area contributed by atoms with Gasteiger partial charge in [0.25, 0.3) is 5.91 Å². The van der Waals surface area contributed by atoms with E-state index in [1.165, 1.54) is 0 Å². The van der Waals surface area contributed by atoms with Gasteiger partial charge in [0.05, 0.1) is 12.7 Å². The number of carbonyl (C=O) groups excluding carboxylic acids is 2. The molecule has 2 amide bonds. The van der Waals surface area contributed by atoms with Gasteiger partial charge >= 0.3 is 0 Å². The van der Waals surface area contributed by atoms with Gasteiger partial charge in [-0.15, -0.1) is 0 Å². The van der Waals surface area contributed by atoms with Gasteiger partial charge in [-0.1, -0.05) is 6.07 Å². The number of carbonyl (C=O) groups is 2. The Morgan fingerprint density at radius 3 is 2.25 bits per heavy atom. The molecule has 6 nitrogen and oxygen atoms in total. The third kappa shape index (κ3) is 4.71. The minimum atomic E-state index is -0.434. The van der Waals surface area contributed by atoms with Crippen molar-refractivity contribution in [3.05, 3.63) is 64.4 Å². The number of amides is 2. The summed E-state index contributed by atoms with van der Waals surface area (Å²) >= 11 is 0. The molecule has 3 rings (SSSR count). The van der Waals surface area contributed by atoms with Crippen molar-refractivity contribution in [2.24, 2.45) is 0 Å². The predicted octanol–water partition coefficient (Wildman–Crippen LogP) is 3.44. The van der Waals surface area contributed by atoms with E-state index in [0.29, 0.717) is 5.75 Å². The Balaban J connectivity index is 1.51. The van der Waals surface area contributed by atoms with Gasteiger partial charge in [-0.05, 0) is 74.2 Å². The van der Waals surface area contributed by atoms with Crippen molar-refractivity contribution >= 4 is 22.8 Å². The Morgan fingerprint density at radius 2 is 1.54 bits per heavy atom. The average Bonchev–Trinajstić information content (AvgIpc) is 2.99. The normalized spacial score (nSPS) is 10.7. The van der Waals surface area contributed by atoms with Gasteiger partial charge < -0.3 is 9.15 Å². The van der Waals surface area contributed by atoms with Crippen LogP contribution in [-0.4, -0.2) is 18.4 Å². The lowest BCUT2D eigenvalue weighted by Crippen LogP contribution is -2.44. The highest BCUT2D eigenvalue weighted by molar-refractivity contribution is 5.89. The highest BCUT2D eigenvalue weighted by Gasteiger charge is 2.12. The van der Waals surface area contributed by atoms with E-state index in [-0.39, 0.29) is 18.9 Å². The van der Waals surface area contributed by atoms with Crippen molar-refractivity contribution in [1.82, 2.24) is 10.9 Å². The number of hydrogen-bond donors (Lipinski definition) is 2. The molecule has 0 aliphatic heterocycles. The van der Waals surface area contributed by atoms with E-state index in [0.717, 1.165) is 38.8 Å². The molecule has 0 spiro atoms. The van der Waals surface area contributed by atoms with Gasteiger partial charge in [-0.25, -0.2) is 0 Å². The topological polar surface area (TPSA) is 80.6 Å². The molecular formula is C22H24N2O4. The molecule has 1 heterocycles.